The normalized spacial score (nSPS) is 10.8. The van der Waals surface area contributed by atoms with Crippen molar-refractivity contribution in [2.45, 2.75) is 6.42 Å². The molecule has 0 aliphatic heterocycles. The van der Waals surface area contributed by atoms with Gasteiger partial charge in [0.05, 0.1) is 11.6 Å². The molecule has 0 atom stereocenters. The van der Waals surface area contributed by atoms with Gasteiger partial charge in [-0.3, -0.25) is 4.68 Å². The molecule has 0 aliphatic carbocycles. The minimum atomic E-state index is 0.675. The molecular weight excluding hydrogens is 192 g/mol. The summed E-state index contributed by atoms with van der Waals surface area (Å²) in [6, 6.07) is 0. The van der Waals surface area contributed by atoms with Crippen LogP contribution in [-0.4, -0.2) is 32.8 Å². The highest BCUT2D eigenvalue weighted by Crippen LogP contribution is 2.17. The zero-order valence-corrected chi connectivity index (χ0v) is 8.64. The smallest absolute Gasteiger partial charge is 0.163 e. The van der Waals surface area contributed by atoms with Crippen molar-refractivity contribution in [1.82, 2.24) is 19.7 Å². The van der Waals surface area contributed by atoms with Crippen molar-refractivity contribution in [1.29, 1.82) is 0 Å². The van der Waals surface area contributed by atoms with E-state index in [-0.39, 0.29) is 0 Å². The summed E-state index contributed by atoms with van der Waals surface area (Å²) in [7, 11) is 1.86. The first-order valence-corrected chi connectivity index (χ1v) is 4.89. The van der Waals surface area contributed by atoms with Gasteiger partial charge in [-0.1, -0.05) is 0 Å². The topological polar surface area (TPSA) is 81.7 Å². The molecule has 0 saturated carbocycles. The first-order chi connectivity index (χ1) is 7.33. The van der Waals surface area contributed by atoms with Crippen molar-refractivity contribution in [2.75, 3.05) is 18.4 Å². The second-order valence-electron chi connectivity index (χ2n) is 3.30. The summed E-state index contributed by atoms with van der Waals surface area (Å²) in [5.74, 6) is 0.821. The number of aryl methyl sites for hydroxylation is 1. The maximum absolute atomic E-state index is 5.42. The lowest BCUT2D eigenvalue weighted by atomic mass is 10.3. The van der Waals surface area contributed by atoms with E-state index in [0.29, 0.717) is 6.54 Å². The first kappa shape index (κ1) is 9.85. The van der Waals surface area contributed by atoms with Crippen LogP contribution in [0.25, 0.3) is 11.0 Å². The summed E-state index contributed by atoms with van der Waals surface area (Å²) in [4.78, 5) is 8.33. The Morgan fingerprint density at radius 3 is 3.13 bits per heavy atom. The molecule has 0 bridgehead atoms. The number of rotatable bonds is 4. The SMILES string of the molecule is Cn1ncc2c(NCCCN)ncnc21. The fourth-order valence-corrected chi connectivity index (χ4v) is 1.41. The predicted molar refractivity (Wildman–Crippen MR) is 58.5 cm³/mol. The second-order valence-corrected chi connectivity index (χ2v) is 3.30. The Kier molecular flexibility index (Phi) is 2.77. The van der Waals surface area contributed by atoms with Crippen LogP contribution in [0.2, 0.25) is 0 Å². The van der Waals surface area contributed by atoms with E-state index in [1.807, 2.05) is 7.05 Å². The van der Waals surface area contributed by atoms with E-state index in [1.54, 1.807) is 10.9 Å². The van der Waals surface area contributed by atoms with E-state index >= 15 is 0 Å². The average molecular weight is 206 g/mol. The van der Waals surface area contributed by atoms with Gasteiger partial charge in [0.15, 0.2) is 5.65 Å². The van der Waals surface area contributed by atoms with Crippen LogP contribution in [0.15, 0.2) is 12.5 Å². The minimum Gasteiger partial charge on any atom is -0.369 e. The molecule has 15 heavy (non-hydrogen) atoms. The molecule has 2 rings (SSSR count). The Balaban J connectivity index is 2.26. The predicted octanol–water partition coefficient (Wildman–Crippen LogP) is 0.124. The molecular formula is C9H14N6. The van der Waals surface area contributed by atoms with Crippen LogP contribution in [0.4, 0.5) is 5.82 Å². The van der Waals surface area contributed by atoms with Crippen molar-refractivity contribution in [3.8, 4) is 0 Å². The highest BCUT2D eigenvalue weighted by molar-refractivity contribution is 5.85. The first-order valence-electron chi connectivity index (χ1n) is 4.89. The zero-order valence-electron chi connectivity index (χ0n) is 8.64. The lowest BCUT2D eigenvalue weighted by Gasteiger charge is -2.04. The van der Waals surface area contributed by atoms with Crippen LogP contribution >= 0.6 is 0 Å². The maximum atomic E-state index is 5.42. The van der Waals surface area contributed by atoms with E-state index in [1.165, 1.54) is 6.33 Å². The number of nitrogens with zero attached hydrogens (tertiary/aromatic N) is 4. The van der Waals surface area contributed by atoms with E-state index < -0.39 is 0 Å². The van der Waals surface area contributed by atoms with Crippen LogP contribution in [-0.2, 0) is 7.05 Å². The fraction of sp³-hybridized carbons (Fsp3) is 0.444. The lowest BCUT2D eigenvalue weighted by Crippen LogP contribution is -2.09. The molecule has 0 saturated heterocycles. The molecule has 2 heterocycles. The molecule has 2 aromatic heterocycles. The van der Waals surface area contributed by atoms with Gasteiger partial charge in [-0.25, -0.2) is 9.97 Å². The Morgan fingerprint density at radius 1 is 1.47 bits per heavy atom. The number of anilines is 1. The van der Waals surface area contributed by atoms with Gasteiger partial charge in [0, 0.05) is 13.6 Å². The van der Waals surface area contributed by atoms with Gasteiger partial charge < -0.3 is 11.1 Å². The zero-order chi connectivity index (χ0) is 10.7. The van der Waals surface area contributed by atoms with Crippen molar-refractivity contribution in [2.24, 2.45) is 12.8 Å². The number of fused-ring (bicyclic) bond motifs is 1. The highest BCUT2D eigenvalue weighted by atomic mass is 15.3. The monoisotopic (exact) mass is 206 g/mol. The molecule has 0 fully saturated rings. The molecule has 3 N–H and O–H groups in total. The minimum absolute atomic E-state index is 0.675. The molecule has 6 nitrogen and oxygen atoms in total. The number of aromatic nitrogens is 4. The number of nitrogens with two attached hydrogens (primary N) is 1. The van der Waals surface area contributed by atoms with Crippen LogP contribution in [0, 0.1) is 0 Å². The summed E-state index contributed by atoms with van der Waals surface area (Å²) in [6.07, 6.45) is 4.22. The Hall–Kier alpha value is -1.69. The summed E-state index contributed by atoms with van der Waals surface area (Å²) in [5.41, 5.74) is 6.25. The van der Waals surface area contributed by atoms with Crippen LogP contribution in [0.5, 0.6) is 0 Å². The summed E-state index contributed by atoms with van der Waals surface area (Å²) >= 11 is 0. The molecule has 0 aromatic carbocycles. The fourth-order valence-electron chi connectivity index (χ4n) is 1.41. The molecule has 0 unspecified atom stereocenters. The third-order valence-electron chi connectivity index (χ3n) is 2.20. The van der Waals surface area contributed by atoms with Crippen molar-refractivity contribution in [3.63, 3.8) is 0 Å². The van der Waals surface area contributed by atoms with E-state index in [9.17, 15) is 0 Å². The molecule has 0 spiro atoms. The highest BCUT2D eigenvalue weighted by Gasteiger charge is 2.06. The number of hydrogen-bond acceptors (Lipinski definition) is 5. The molecule has 0 aliphatic rings. The van der Waals surface area contributed by atoms with Gasteiger partial charge in [-0.05, 0) is 13.0 Å². The van der Waals surface area contributed by atoms with Crippen molar-refractivity contribution >= 4 is 16.9 Å². The van der Waals surface area contributed by atoms with Gasteiger partial charge in [0.1, 0.15) is 12.1 Å². The van der Waals surface area contributed by atoms with Crippen LogP contribution in [0.3, 0.4) is 0 Å². The molecule has 0 radical (unpaired) electrons. The Morgan fingerprint density at radius 2 is 2.33 bits per heavy atom. The Bertz CT molecular complexity index is 449. The van der Waals surface area contributed by atoms with Gasteiger partial charge in [0.25, 0.3) is 0 Å². The van der Waals surface area contributed by atoms with E-state index in [0.717, 1.165) is 29.8 Å². The Labute approximate surface area is 87.5 Å². The second kappa shape index (κ2) is 4.22. The third kappa shape index (κ3) is 1.89. The van der Waals surface area contributed by atoms with Crippen molar-refractivity contribution < 1.29 is 0 Å². The van der Waals surface area contributed by atoms with E-state index in [4.69, 9.17) is 5.73 Å². The molecule has 0 amide bonds. The molecule has 6 heteroatoms. The van der Waals surface area contributed by atoms with Gasteiger partial charge in [-0.15, -0.1) is 0 Å². The number of hydrogen-bond donors (Lipinski definition) is 2. The average Bonchev–Trinajstić information content (AvgIpc) is 2.62. The van der Waals surface area contributed by atoms with Gasteiger partial charge >= 0.3 is 0 Å². The third-order valence-corrected chi connectivity index (χ3v) is 2.20. The van der Waals surface area contributed by atoms with Crippen LogP contribution < -0.4 is 11.1 Å². The number of nitrogens with one attached hydrogen (secondary N) is 1. The lowest BCUT2D eigenvalue weighted by molar-refractivity contribution is 0.785. The van der Waals surface area contributed by atoms with Crippen molar-refractivity contribution in [3.05, 3.63) is 12.5 Å². The van der Waals surface area contributed by atoms with Gasteiger partial charge in [0.2, 0.25) is 0 Å². The van der Waals surface area contributed by atoms with Gasteiger partial charge in [-0.2, -0.15) is 5.10 Å². The quantitative estimate of drug-likeness (QED) is 0.694. The van der Waals surface area contributed by atoms with E-state index in [2.05, 4.69) is 20.4 Å². The largest absolute Gasteiger partial charge is 0.369 e. The summed E-state index contributed by atoms with van der Waals surface area (Å²) < 4.78 is 1.73. The standard InChI is InChI=1S/C9H14N6/c1-15-9-7(5-14-15)8(12-6-13-9)11-4-2-3-10/h5-6H,2-4,10H2,1H3,(H,11,12,13). The molecule has 2 aromatic rings. The molecule has 80 valence electrons. The van der Waals surface area contributed by atoms with Crippen LogP contribution in [0.1, 0.15) is 6.42 Å². The maximum Gasteiger partial charge on any atom is 0.163 e. The summed E-state index contributed by atoms with van der Waals surface area (Å²) in [5, 5.41) is 8.29. The summed E-state index contributed by atoms with van der Waals surface area (Å²) in [6.45, 7) is 1.49.